The van der Waals surface area contributed by atoms with Crippen LogP contribution in [-0.4, -0.2) is 20.1 Å². The summed E-state index contributed by atoms with van der Waals surface area (Å²) in [5.74, 6) is 2.56. The second kappa shape index (κ2) is 9.46. The van der Waals surface area contributed by atoms with Crippen molar-refractivity contribution in [1.82, 2.24) is 0 Å². The number of methoxy groups -OCH3 is 2. The zero-order chi connectivity index (χ0) is 20.6. The highest BCUT2D eigenvalue weighted by atomic mass is 16.5. The Hall–Kier alpha value is -3.73. The molecule has 0 unspecified atom stereocenters. The Morgan fingerprint density at radius 1 is 0.862 bits per heavy atom. The van der Waals surface area contributed by atoms with Gasteiger partial charge in [0.15, 0.2) is 0 Å². The number of hydrogen-bond donors (Lipinski definition) is 1. The Bertz CT molecular complexity index is 1010. The second-order valence-corrected chi connectivity index (χ2v) is 6.37. The first kappa shape index (κ1) is 20.0. The molecule has 0 aliphatic rings. The van der Waals surface area contributed by atoms with Gasteiger partial charge in [-0.1, -0.05) is 12.1 Å². The van der Waals surface area contributed by atoms with Crippen LogP contribution in [0.1, 0.15) is 11.1 Å². The molecule has 0 fully saturated rings. The summed E-state index contributed by atoms with van der Waals surface area (Å²) in [6, 6.07) is 20.5. The molecular formula is C24H23NO4. The molecule has 1 N–H and O–H groups in total. The summed E-state index contributed by atoms with van der Waals surface area (Å²) in [5.41, 5.74) is 2.59. The fraction of sp³-hybridized carbons (Fsp3) is 0.125. The Labute approximate surface area is 170 Å². The summed E-state index contributed by atoms with van der Waals surface area (Å²) < 4.78 is 16.3. The Kier molecular flexibility index (Phi) is 6.53. The minimum absolute atomic E-state index is 0.241. The van der Waals surface area contributed by atoms with Gasteiger partial charge in [-0.2, -0.15) is 0 Å². The third kappa shape index (κ3) is 5.62. The molecule has 0 heterocycles. The van der Waals surface area contributed by atoms with Crippen LogP contribution in [0.15, 0.2) is 72.8 Å². The van der Waals surface area contributed by atoms with Crippen LogP contribution in [0.4, 0.5) is 5.69 Å². The van der Waals surface area contributed by atoms with Crippen molar-refractivity contribution in [2.24, 2.45) is 0 Å². The zero-order valence-electron chi connectivity index (χ0n) is 16.6. The zero-order valence-corrected chi connectivity index (χ0v) is 16.6. The number of carbonyl (C=O) groups excluding carboxylic acids is 1. The van der Waals surface area contributed by atoms with E-state index < -0.39 is 0 Å². The number of benzene rings is 3. The number of carbonyl (C=O) groups is 1. The molecule has 0 saturated carbocycles. The Morgan fingerprint density at radius 3 is 2.31 bits per heavy atom. The first-order chi connectivity index (χ1) is 14.1. The van der Waals surface area contributed by atoms with Crippen LogP contribution in [-0.2, 0) is 4.79 Å². The van der Waals surface area contributed by atoms with Crippen LogP contribution in [0.25, 0.3) is 6.08 Å². The maximum absolute atomic E-state index is 12.2. The summed E-state index contributed by atoms with van der Waals surface area (Å²) in [6.07, 6.45) is 3.16. The summed E-state index contributed by atoms with van der Waals surface area (Å²) >= 11 is 0. The van der Waals surface area contributed by atoms with Gasteiger partial charge in [0.2, 0.25) is 5.91 Å². The highest BCUT2D eigenvalue weighted by molar-refractivity contribution is 6.02. The molecule has 0 saturated heterocycles. The van der Waals surface area contributed by atoms with E-state index in [9.17, 15) is 4.79 Å². The van der Waals surface area contributed by atoms with E-state index in [0.717, 1.165) is 16.9 Å². The van der Waals surface area contributed by atoms with E-state index >= 15 is 0 Å². The molecule has 5 heteroatoms. The average molecular weight is 389 g/mol. The van der Waals surface area contributed by atoms with Gasteiger partial charge < -0.3 is 19.5 Å². The molecule has 0 radical (unpaired) electrons. The summed E-state index contributed by atoms with van der Waals surface area (Å²) in [6.45, 7) is 2.01. The van der Waals surface area contributed by atoms with Crippen LogP contribution in [0.3, 0.4) is 0 Å². The predicted molar refractivity (Wildman–Crippen MR) is 115 cm³/mol. The van der Waals surface area contributed by atoms with Crippen molar-refractivity contribution in [1.29, 1.82) is 0 Å². The third-order valence-corrected chi connectivity index (χ3v) is 4.20. The molecular weight excluding hydrogens is 366 g/mol. The molecule has 0 aromatic heterocycles. The molecule has 0 spiro atoms. The molecule has 0 aliphatic heterocycles. The second-order valence-electron chi connectivity index (χ2n) is 6.37. The molecule has 0 aliphatic carbocycles. The lowest BCUT2D eigenvalue weighted by molar-refractivity contribution is -0.111. The maximum Gasteiger partial charge on any atom is 0.248 e. The van der Waals surface area contributed by atoms with E-state index in [4.69, 9.17) is 14.2 Å². The normalized spacial score (nSPS) is 10.6. The lowest BCUT2D eigenvalue weighted by Crippen LogP contribution is -2.07. The number of rotatable bonds is 7. The molecule has 1 amide bonds. The van der Waals surface area contributed by atoms with Crippen molar-refractivity contribution in [2.75, 3.05) is 19.5 Å². The molecule has 0 bridgehead atoms. The van der Waals surface area contributed by atoms with E-state index in [1.807, 2.05) is 55.5 Å². The third-order valence-electron chi connectivity index (χ3n) is 4.20. The molecule has 5 nitrogen and oxygen atoms in total. The van der Waals surface area contributed by atoms with Crippen LogP contribution in [0.5, 0.6) is 23.0 Å². The molecule has 29 heavy (non-hydrogen) atoms. The van der Waals surface area contributed by atoms with Crippen molar-refractivity contribution < 1.29 is 19.0 Å². The number of anilines is 1. The molecule has 3 aromatic rings. The summed E-state index contributed by atoms with van der Waals surface area (Å²) in [5, 5.41) is 2.83. The van der Waals surface area contributed by atoms with E-state index in [1.54, 1.807) is 38.5 Å². The van der Waals surface area contributed by atoms with Crippen molar-refractivity contribution in [2.45, 2.75) is 6.92 Å². The van der Waals surface area contributed by atoms with Crippen LogP contribution in [0, 0.1) is 6.92 Å². The average Bonchev–Trinajstić information content (AvgIpc) is 2.73. The van der Waals surface area contributed by atoms with Crippen molar-refractivity contribution in [3.8, 4) is 23.0 Å². The first-order valence-corrected chi connectivity index (χ1v) is 9.13. The van der Waals surface area contributed by atoms with Gasteiger partial charge in [0.1, 0.15) is 23.0 Å². The van der Waals surface area contributed by atoms with E-state index in [0.29, 0.717) is 22.9 Å². The monoisotopic (exact) mass is 389 g/mol. The number of aryl methyl sites for hydroxylation is 1. The minimum Gasteiger partial charge on any atom is -0.497 e. The van der Waals surface area contributed by atoms with Crippen molar-refractivity contribution >= 4 is 17.7 Å². The first-order valence-electron chi connectivity index (χ1n) is 9.13. The minimum atomic E-state index is -0.241. The largest absolute Gasteiger partial charge is 0.497 e. The van der Waals surface area contributed by atoms with Gasteiger partial charge in [0.05, 0.1) is 14.2 Å². The Morgan fingerprint density at radius 2 is 1.62 bits per heavy atom. The van der Waals surface area contributed by atoms with Crippen molar-refractivity contribution in [3.63, 3.8) is 0 Å². The fourth-order valence-electron chi connectivity index (χ4n) is 2.73. The fourth-order valence-corrected chi connectivity index (χ4v) is 2.73. The summed E-state index contributed by atoms with van der Waals surface area (Å²) in [7, 11) is 3.17. The van der Waals surface area contributed by atoms with E-state index in [2.05, 4.69) is 5.32 Å². The van der Waals surface area contributed by atoms with Gasteiger partial charge in [0, 0.05) is 23.4 Å². The predicted octanol–water partition coefficient (Wildman–Crippen LogP) is 5.46. The van der Waals surface area contributed by atoms with Gasteiger partial charge >= 0.3 is 0 Å². The van der Waals surface area contributed by atoms with Gasteiger partial charge in [0.25, 0.3) is 0 Å². The number of hydrogen-bond acceptors (Lipinski definition) is 4. The van der Waals surface area contributed by atoms with Crippen LogP contribution in [0.2, 0.25) is 0 Å². The van der Waals surface area contributed by atoms with Crippen LogP contribution >= 0.6 is 0 Å². The molecule has 3 rings (SSSR count). The molecule has 0 atom stereocenters. The Balaban J connectivity index is 1.61. The number of ether oxygens (including phenoxy) is 3. The molecule has 148 valence electrons. The standard InChI is InChI=1S/C24H23NO4/c1-17-5-4-6-22(15-17)29-20-12-9-19(10-13-20)25-24(26)14-8-18-7-11-21(27-2)16-23(18)28-3/h4-16H,1-3H3,(H,25,26)/b14-8+. The highest BCUT2D eigenvalue weighted by Gasteiger charge is 2.04. The van der Waals surface area contributed by atoms with Crippen LogP contribution < -0.4 is 19.5 Å². The summed E-state index contributed by atoms with van der Waals surface area (Å²) in [4.78, 5) is 12.2. The number of nitrogens with one attached hydrogen (secondary N) is 1. The van der Waals surface area contributed by atoms with Gasteiger partial charge in [-0.15, -0.1) is 0 Å². The van der Waals surface area contributed by atoms with Crippen molar-refractivity contribution in [3.05, 3.63) is 83.9 Å². The van der Waals surface area contributed by atoms with Gasteiger partial charge in [-0.25, -0.2) is 0 Å². The topological polar surface area (TPSA) is 56.8 Å². The lowest BCUT2D eigenvalue weighted by Gasteiger charge is -2.08. The maximum atomic E-state index is 12.2. The number of amides is 1. The lowest BCUT2D eigenvalue weighted by atomic mass is 10.1. The van der Waals surface area contributed by atoms with E-state index in [-0.39, 0.29) is 5.91 Å². The highest BCUT2D eigenvalue weighted by Crippen LogP contribution is 2.26. The smallest absolute Gasteiger partial charge is 0.248 e. The SMILES string of the molecule is COc1ccc(/C=C/C(=O)Nc2ccc(Oc3cccc(C)c3)cc2)c(OC)c1. The molecule has 3 aromatic carbocycles. The van der Waals surface area contributed by atoms with Gasteiger partial charge in [-0.05, 0) is 67.1 Å². The quantitative estimate of drug-likeness (QED) is 0.546. The van der Waals surface area contributed by atoms with Gasteiger partial charge in [-0.3, -0.25) is 4.79 Å². The van der Waals surface area contributed by atoms with E-state index in [1.165, 1.54) is 6.08 Å².